The second-order valence-corrected chi connectivity index (χ2v) is 7.28. The van der Waals surface area contributed by atoms with Crippen LogP contribution < -0.4 is 20.4 Å². The number of rotatable bonds is 6. The lowest BCUT2D eigenvalue weighted by Crippen LogP contribution is -2.37. The number of urea groups is 1. The molecule has 4 rings (SSSR count). The van der Waals surface area contributed by atoms with Gasteiger partial charge in [0.25, 0.3) is 0 Å². The zero-order chi connectivity index (χ0) is 20.6. The van der Waals surface area contributed by atoms with Gasteiger partial charge in [-0.3, -0.25) is 0 Å². The minimum atomic E-state index is -0.204. The van der Waals surface area contributed by atoms with Crippen LogP contribution in [-0.4, -0.2) is 68.6 Å². The smallest absolute Gasteiger partial charge is 0.315 e. The van der Waals surface area contributed by atoms with Crippen molar-refractivity contribution >= 4 is 17.7 Å². The van der Waals surface area contributed by atoms with Gasteiger partial charge in [0.15, 0.2) is 0 Å². The maximum atomic E-state index is 12.3. The highest BCUT2D eigenvalue weighted by molar-refractivity contribution is 5.73. The molecule has 2 aromatic rings. The Balaban J connectivity index is 1.25. The first-order chi connectivity index (χ1) is 14.8. The Hall–Kier alpha value is -2.91. The molecule has 2 saturated heterocycles. The lowest BCUT2D eigenvalue weighted by atomic mass is 10.2. The van der Waals surface area contributed by atoms with Gasteiger partial charge in [0.05, 0.1) is 26.4 Å². The molecule has 0 spiro atoms. The van der Waals surface area contributed by atoms with Gasteiger partial charge in [-0.05, 0) is 35.4 Å². The normalized spacial score (nSPS) is 16.9. The number of hydrogen-bond acceptors (Lipinski definition) is 7. The zero-order valence-corrected chi connectivity index (χ0v) is 17.0. The molecule has 2 aliphatic heterocycles. The standard InChI is InChI=1S/C21H28N6O3/c28-21(24-15-17-1-3-22-19(13-17)26-5-9-29-10-6-26)25-16-18-2-4-23-20(14-18)27-7-11-30-12-8-27/h1-4,13-14H,5-12,15-16H2,(H2,24,25,28). The molecule has 9 heteroatoms. The largest absolute Gasteiger partial charge is 0.378 e. The number of nitrogens with zero attached hydrogens (tertiary/aromatic N) is 4. The van der Waals surface area contributed by atoms with E-state index in [4.69, 9.17) is 9.47 Å². The molecule has 4 heterocycles. The molecule has 2 fully saturated rings. The van der Waals surface area contributed by atoms with Crippen LogP contribution in [0.4, 0.5) is 16.4 Å². The highest BCUT2D eigenvalue weighted by Crippen LogP contribution is 2.15. The van der Waals surface area contributed by atoms with Gasteiger partial charge >= 0.3 is 6.03 Å². The van der Waals surface area contributed by atoms with Crippen LogP contribution in [0, 0.1) is 0 Å². The molecule has 0 atom stereocenters. The van der Waals surface area contributed by atoms with Gasteiger partial charge in [-0.15, -0.1) is 0 Å². The summed E-state index contributed by atoms with van der Waals surface area (Å²) in [6.45, 7) is 7.10. The number of pyridine rings is 2. The molecule has 0 radical (unpaired) electrons. The number of carbonyl (C=O) groups excluding carboxylic acids is 1. The van der Waals surface area contributed by atoms with Gasteiger partial charge in [0.2, 0.25) is 0 Å². The maximum Gasteiger partial charge on any atom is 0.315 e. The van der Waals surface area contributed by atoms with Crippen molar-refractivity contribution in [3.8, 4) is 0 Å². The molecular formula is C21H28N6O3. The number of amides is 2. The lowest BCUT2D eigenvalue weighted by molar-refractivity contribution is 0.122. The highest BCUT2D eigenvalue weighted by atomic mass is 16.5. The summed E-state index contributed by atoms with van der Waals surface area (Å²) in [5.74, 6) is 1.84. The summed E-state index contributed by atoms with van der Waals surface area (Å²) < 4.78 is 10.8. The van der Waals surface area contributed by atoms with Crippen LogP contribution >= 0.6 is 0 Å². The SMILES string of the molecule is O=C(NCc1ccnc(N2CCOCC2)c1)NCc1ccnc(N2CCOCC2)c1. The second kappa shape index (κ2) is 10.2. The number of aromatic nitrogens is 2. The fraction of sp³-hybridized carbons (Fsp3) is 0.476. The molecule has 2 aliphatic rings. The molecule has 0 bridgehead atoms. The van der Waals surface area contributed by atoms with E-state index in [1.807, 2.05) is 24.3 Å². The fourth-order valence-electron chi connectivity index (χ4n) is 3.50. The quantitative estimate of drug-likeness (QED) is 0.735. The Morgan fingerprint density at radius 3 is 1.67 bits per heavy atom. The topological polar surface area (TPSA) is 91.9 Å². The molecule has 160 valence electrons. The summed E-state index contributed by atoms with van der Waals surface area (Å²) in [5.41, 5.74) is 2.03. The Morgan fingerprint density at radius 2 is 1.23 bits per heavy atom. The average molecular weight is 412 g/mol. The van der Waals surface area contributed by atoms with Crippen LogP contribution in [0.15, 0.2) is 36.7 Å². The predicted octanol–water partition coefficient (Wildman–Crippen LogP) is 1.15. The summed E-state index contributed by atoms with van der Waals surface area (Å²) in [4.78, 5) is 25.5. The summed E-state index contributed by atoms with van der Waals surface area (Å²) in [5, 5.41) is 5.83. The third kappa shape index (κ3) is 5.58. The van der Waals surface area contributed by atoms with Crippen molar-refractivity contribution in [2.75, 3.05) is 62.4 Å². The summed E-state index contributed by atoms with van der Waals surface area (Å²) in [7, 11) is 0. The highest BCUT2D eigenvalue weighted by Gasteiger charge is 2.14. The Kier molecular flexibility index (Phi) is 6.94. The Morgan fingerprint density at radius 1 is 0.800 bits per heavy atom. The van der Waals surface area contributed by atoms with Crippen molar-refractivity contribution in [3.05, 3.63) is 47.8 Å². The molecule has 2 N–H and O–H groups in total. The zero-order valence-electron chi connectivity index (χ0n) is 17.0. The van der Waals surface area contributed by atoms with E-state index in [0.717, 1.165) is 75.4 Å². The van der Waals surface area contributed by atoms with Gasteiger partial charge in [-0.2, -0.15) is 0 Å². The van der Waals surface area contributed by atoms with Gasteiger partial charge in [-0.25, -0.2) is 14.8 Å². The van der Waals surface area contributed by atoms with Crippen LogP contribution in [0.25, 0.3) is 0 Å². The monoisotopic (exact) mass is 412 g/mol. The third-order valence-corrected chi connectivity index (χ3v) is 5.20. The molecule has 2 amide bonds. The van der Waals surface area contributed by atoms with Crippen LogP contribution in [0.1, 0.15) is 11.1 Å². The molecule has 0 saturated carbocycles. The van der Waals surface area contributed by atoms with E-state index in [2.05, 4.69) is 30.4 Å². The third-order valence-electron chi connectivity index (χ3n) is 5.20. The Bertz CT molecular complexity index is 769. The number of anilines is 2. The van der Waals surface area contributed by atoms with Crippen molar-refractivity contribution < 1.29 is 14.3 Å². The number of morpholine rings is 2. The predicted molar refractivity (Wildman–Crippen MR) is 114 cm³/mol. The van der Waals surface area contributed by atoms with Crippen LogP contribution in [0.2, 0.25) is 0 Å². The van der Waals surface area contributed by atoms with Crippen LogP contribution in [-0.2, 0) is 22.6 Å². The first-order valence-electron chi connectivity index (χ1n) is 10.3. The van der Waals surface area contributed by atoms with E-state index < -0.39 is 0 Å². The lowest BCUT2D eigenvalue weighted by Gasteiger charge is -2.28. The minimum absolute atomic E-state index is 0.204. The molecule has 30 heavy (non-hydrogen) atoms. The van der Waals surface area contributed by atoms with Gasteiger partial charge < -0.3 is 29.9 Å². The minimum Gasteiger partial charge on any atom is -0.378 e. The molecule has 0 aromatic carbocycles. The first-order valence-corrected chi connectivity index (χ1v) is 10.3. The van der Waals surface area contributed by atoms with Gasteiger partial charge in [0, 0.05) is 51.7 Å². The van der Waals surface area contributed by atoms with Crippen molar-refractivity contribution in [3.63, 3.8) is 0 Å². The number of hydrogen-bond donors (Lipinski definition) is 2. The number of nitrogens with one attached hydrogen (secondary N) is 2. The number of ether oxygens (including phenoxy) is 2. The fourth-order valence-corrected chi connectivity index (χ4v) is 3.50. The number of carbonyl (C=O) groups is 1. The van der Waals surface area contributed by atoms with E-state index in [-0.39, 0.29) is 6.03 Å². The average Bonchev–Trinajstić information content (AvgIpc) is 2.83. The van der Waals surface area contributed by atoms with E-state index in [1.54, 1.807) is 12.4 Å². The molecular weight excluding hydrogens is 384 g/mol. The van der Waals surface area contributed by atoms with Crippen molar-refractivity contribution in [2.45, 2.75) is 13.1 Å². The summed E-state index contributed by atoms with van der Waals surface area (Å²) in [6.07, 6.45) is 3.56. The van der Waals surface area contributed by atoms with Crippen molar-refractivity contribution in [1.29, 1.82) is 0 Å². The summed E-state index contributed by atoms with van der Waals surface area (Å²) in [6, 6.07) is 7.67. The second-order valence-electron chi connectivity index (χ2n) is 7.28. The van der Waals surface area contributed by atoms with Crippen LogP contribution in [0.5, 0.6) is 0 Å². The first kappa shape index (κ1) is 20.4. The molecule has 0 aliphatic carbocycles. The van der Waals surface area contributed by atoms with E-state index >= 15 is 0 Å². The molecule has 0 unspecified atom stereocenters. The van der Waals surface area contributed by atoms with Gasteiger partial charge in [0.1, 0.15) is 11.6 Å². The van der Waals surface area contributed by atoms with E-state index in [0.29, 0.717) is 13.1 Å². The van der Waals surface area contributed by atoms with Crippen LogP contribution in [0.3, 0.4) is 0 Å². The van der Waals surface area contributed by atoms with E-state index in [1.165, 1.54) is 0 Å². The van der Waals surface area contributed by atoms with Crippen molar-refractivity contribution in [2.24, 2.45) is 0 Å². The van der Waals surface area contributed by atoms with Crippen molar-refractivity contribution in [1.82, 2.24) is 20.6 Å². The maximum absolute atomic E-state index is 12.3. The molecule has 2 aromatic heterocycles. The summed E-state index contributed by atoms with van der Waals surface area (Å²) >= 11 is 0. The molecule has 9 nitrogen and oxygen atoms in total. The Labute approximate surface area is 176 Å². The van der Waals surface area contributed by atoms with E-state index in [9.17, 15) is 4.79 Å². The van der Waals surface area contributed by atoms with Gasteiger partial charge in [-0.1, -0.05) is 0 Å².